The highest BCUT2D eigenvalue weighted by Gasteiger charge is 2.18. The lowest BCUT2D eigenvalue weighted by Crippen LogP contribution is -2.12. The van der Waals surface area contributed by atoms with Crippen molar-refractivity contribution in [2.75, 3.05) is 11.6 Å². The molecule has 0 unspecified atom stereocenters. The number of rotatable bonds is 3. The van der Waals surface area contributed by atoms with Gasteiger partial charge in [0.1, 0.15) is 0 Å². The zero-order valence-electron chi connectivity index (χ0n) is 13.8. The van der Waals surface area contributed by atoms with Gasteiger partial charge in [0.25, 0.3) is 5.91 Å². The molecule has 0 spiro atoms. The first-order valence-electron chi connectivity index (χ1n) is 8.08. The molecule has 1 N–H and O–H groups in total. The first-order chi connectivity index (χ1) is 12.1. The molecule has 1 aliphatic carbocycles. The van der Waals surface area contributed by atoms with E-state index in [0.29, 0.717) is 10.5 Å². The first kappa shape index (κ1) is 15.8. The van der Waals surface area contributed by atoms with Gasteiger partial charge in [0.15, 0.2) is 0 Å². The lowest BCUT2D eigenvalue weighted by Gasteiger charge is -2.08. The molecule has 0 aromatic heterocycles. The molecule has 1 aliphatic rings. The van der Waals surface area contributed by atoms with Gasteiger partial charge in [-0.2, -0.15) is 0 Å². The molecule has 0 bridgehead atoms. The fourth-order valence-corrected chi connectivity index (χ4v) is 3.74. The van der Waals surface area contributed by atoms with Crippen molar-refractivity contribution in [2.45, 2.75) is 11.3 Å². The summed E-state index contributed by atoms with van der Waals surface area (Å²) >= 11 is 0. The van der Waals surface area contributed by atoms with Gasteiger partial charge in [-0.05, 0) is 65.1 Å². The molecular weight excluding hydrogens is 330 g/mol. The van der Waals surface area contributed by atoms with E-state index in [4.69, 9.17) is 0 Å². The molecule has 1 atom stereocenters. The van der Waals surface area contributed by atoms with E-state index in [1.165, 1.54) is 22.3 Å². The van der Waals surface area contributed by atoms with Crippen molar-refractivity contribution in [1.82, 2.24) is 0 Å². The maximum absolute atomic E-state index is 12.4. The molecule has 3 aromatic rings. The van der Waals surface area contributed by atoms with Gasteiger partial charge in [-0.15, -0.1) is 0 Å². The zero-order chi connectivity index (χ0) is 17.4. The summed E-state index contributed by atoms with van der Waals surface area (Å²) in [7, 11) is -1.04. The number of carbonyl (C=O) groups is 1. The summed E-state index contributed by atoms with van der Waals surface area (Å²) < 4.78 is 11.4. The predicted octanol–water partition coefficient (Wildman–Crippen LogP) is 4.25. The van der Waals surface area contributed by atoms with Crippen molar-refractivity contribution in [3.63, 3.8) is 0 Å². The van der Waals surface area contributed by atoms with Gasteiger partial charge in [-0.25, -0.2) is 0 Å². The van der Waals surface area contributed by atoms with Crippen LogP contribution in [0.3, 0.4) is 0 Å². The van der Waals surface area contributed by atoms with E-state index in [0.717, 1.165) is 12.1 Å². The van der Waals surface area contributed by atoms with Gasteiger partial charge in [-0.1, -0.05) is 30.3 Å². The second-order valence-electron chi connectivity index (χ2n) is 6.14. The molecule has 3 aromatic carbocycles. The minimum absolute atomic E-state index is 0.163. The van der Waals surface area contributed by atoms with Gasteiger partial charge in [0, 0.05) is 33.2 Å². The highest BCUT2D eigenvalue weighted by atomic mass is 32.2. The van der Waals surface area contributed by atoms with Crippen LogP contribution in [0.15, 0.2) is 71.6 Å². The van der Waals surface area contributed by atoms with E-state index < -0.39 is 10.8 Å². The summed E-state index contributed by atoms with van der Waals surface area (Å²) in [4.78, 5) is 13.1. The molecule has 1 amide bonds. The Hall–Kier alpha value is -2.72. The highest BCUT2D eigenvalue weighted by molar-refractivity contribution is 7.84. The van der Waals surface area contributed by atoms with Crippen LogP contribution in [0.5, 0.6) is 0 Å². The molecule has 25 heavy (non-hydrogen) atoms. The largest absolute Gasteiger partial charge is 0.322 e. The van der Waals surface area contributed by atoms with Crippen LogP contribution in [-0.2, 0) is 17.2 Å². The summed E-state index contributed by atoms with van der Waals surface area (Å²) in [6, 6.07) is 21.3. The summed E-state index contributed by atoms with van der Waals surface area (Å²) in [6.07, 6.45) is 2.52. The van der Waals surface area contributed by atoms with Crippen molar-refractivity contribution < 1.29 is 9.00 Å². The van der Waals surface area contributed by atoms with E-state index in [1.807, 2.05) is 12.1 Å². The Balaban J connectivity index is 1.55. The Labute approximate surface area is 149 Å². The molecule has 124 valence electrons. The maximum atomic E-state index is 12.4. The minimum Gasteiger partial charge on any atom is -0.322 e. The van der Waals surface area contributed by atoms with Gasteiger partial charge >= 0.3 is 0 Å². The number of amides is 1. The van der Waals surface area contributed by atoms with E-state index in [2.05, 4.69) is 35.6 Å². The third-order valence-corrected chi connectivity index (χ3v) is 5.44. The minimum atomic E-state index is -1.04. The summed E-state index contributed by atoms with van der Waals surface area (Å²) in [5, 5.41) is 2.95. The van der Waals surface area contributed by atoms with Crippen LogP contribution >= 0.6 is 0 Å². The number of hydrogen-bond donors (Lipinski definition) is 1. The van der Waals surface area contributed by atoms with Crippen LogP contribution in [0.2, 0.25) is 0 Å². The van der Waals surface area contributed by atoms with E-state index in [1.54, 1.807) is 30.5 Å². The normalized spacial score (nSPS) is 13.0. The molecule has 4 heteroatoms. The second kappa shape index (κ2) is 6.30. The third kappa shape index (κ3) is 3.01. The highest BCUT2D eigenvalue weighted by Crippen LogP contribution is 2.37. The monoisotopic (exact) mass is 347 g/mol. The van der Waals surface area contributed by atoms with Gasteiger partial charge in [-0.3, -0.25) is 9.00 Å². The Morgan fingerprint density at radius 1 is 0.920 bits per heavy atom. The van der Waals surface area contributed by atoms with Crippen molar-refractivity contribution in [3.05, 3.63) is 83.4 Å². The lowest BCUT2D eigenvalue weighted by molar-refractivity contribution is 0.102. The van der Waals surface area contributed by atoms with Crippen LogP contribution < -0.4 is 5.32 Å². The van der Waals surface area contributed by atoms with E-state index >= 15 is 0 Å². The Morgan fingerprint density at radius 2 is 1.64 bits per heavy atom. The summed E-state index contributed by atoms with van der Waals surface area (Å²) in [5.41, 5.74) is 6.42. The van der Waals surface area contributed by atoms with Crippen LogP contribution in [0.1, 0.15) is 21.5 Å². The smallest absolute Gasteiger partial charge is 0.255 e. The number of benzene rings is 3. The number of hydrogen-bond acceptors (Lipinski definition) is 2. The van der Waals surface area contributed by atoms with Crippen molar-refractivity contribution in [1.29, 1.82) is 0 Å². The standard InChI is InChI=1S/C21H17NO2S/c1-25(24)18-9-6-14(7-10-18)21(23)22-17-8-11-20-16(13-17)12-15-4-2-3-5-19(15)20/h2-11,13H,12H2,1H3,(H,22,23)/t25-/m0/s1. The van der Waals surface area contributed by atoms with Crippen LogP contribution in [0, 0.1) is 0 Å². The molecule has 0 saturated heterocycles. The average Bonchev–Trinajstić information content (AvgIpc) is 2.99. The molecule has 0 heterocycles. The summed E-state index contributed by atoms with van der Waals surface area (Å²) in [5.74, 6) is -0.163. The summed E-state index contributed by atoms with van der Waals surface area (Å²) in [6.45, 7) is 0. The average molecular weight is 347 g/mol. The first-order valence-corrected chi connectivity index (χ1v) is 9.64. The Morgan fingerprint density at radius 3 is 2.40 bits per heavy atom. The quantitative estimate of drug-likeness (QED) is 0.602. The molecular formula is C21H17NO2S. The van der Waals surface area contributed by atoms with Gasteiger partial charge in [0.05, 0.1) is 0 Å². The van der Waals surface area contributed by atoms with Crippen LogP contribution in [0.4, 0.5) is 5.69 Å². The maximum Gasteiger partial charge on any atom is 0.255 e. The van der Waals surface area contributed by atoms with Crippen molar-refractivity contribution in [2.24, 2.45) is 0 Å². The van der Waals surface area contributed by atoms with E-state index in [9.17, 15) is 9.00 Å². The fraction of sp³-hybridized carbons (Fsp3) is 0.0952. The Bertz CT molecular complexity index is 993. The van der Waals surface area contributed by atoms with Crippen molar-refractivity contribution >= 4 is 22.4 Å². The van der Waals surface area contributed by atoms with Crippen molar-refractivity contribution in [3.8, 4) is 11.1 Å². The predicted molar refractivity (Wildman–Crippen MR) is 101 cm³/mol. The topological polar surface area (TPSA) is 46.2 Å². The molecule has 0 saturated carbocycles. The molecule has 0 aliphatic heterocycles. The molecule has 0 fully saturated rings. The number of fused-ring (bicyclic) bond motifs is 3. The fourth-order valence-electron chi connectivity index (χ4n) is 3.22. The van der Waals surface area contributed by atoms with Crippen LogP contribution in [-0.4, -0.2) is 16.4 Å². The molecule has 3 nitrogen and oxygen atoms in total. The third-order valence-electron chi connectivity index (χ3n) is 4.50. The van der Waals surface area contributed by atoms with Gasteiger partial charge in [0.2, 0.25) is 0 Å². The SMILES string of the molecule is C[S@](=O)c1ccc(C(=O)Nc2ccc3c(c2)Cc2ccccc2-3)cc1. The van der Waals surface area contributed by atoms with Crippen LogP contribution in [0.25, 0.3) is 11.1 Å². The van der Waals surface area contributed by atoms with Gasteiger partial charge < -0.3 is 5.32 Å². The zero-order valence-corrected chi connectivity index (χ0v) is 14.6. The second-order valence-corrected chi connectivity index (χ2v) is 7.52. The number of carbonyl (C=O) groups excluding carboxylic acids is 1. The number of nitrogens with one attached hydrogen (secondary N) is 1. The van der Waals surface area contributed by atoms with E-state index in [-0.39, 0.29) is 5.91 Å². The molecule has 0 radical (unpaired) electrons. The molecule has 4 rings (SSSR count). The number of anilines is 1. The lowest BCUT2D eigenvalue weighted by atomic mass is 10.1. The Kier molecular flexibility index (Phi) is 3.98.